The highest BCUT2D eigenvalue weighted by atomic mass is 35.5. The number of nitrogens with zero attached hydrogens (tertiary/aromatic N) is 1. The molecule has 0 aliphatic carbocycles. The zero-order valence-corrected chi connectivity index (χ0v) is 18.9. The van der Waals surface area contributed by atoms with Crippen molar-refractivity contribution >= 4 is 34.8 Å². The van der Waals surface area contributed by atoms with Crippen molar-refractivity contribution in [3.8, 4) is 11.5 Å². The van der Waals surface area contributed by atoms with Crippen molar-refractivity contribution in [2.24, 2.45) is 0 Å². The number of halogens is 1. The van der Waals surface area contributed by atoms with E-state index in [1.165, 1.54) is 12.8 Å². The number of anilines is 2. The van der Waals surface area contributed by atoms with Crippen LogP contribution in [0.5, 0.6) is 11.5 Å². The topological polar surface area (TPSA) is 79.9 Å². The Labute approximate surface area is 193 Å². The molecule has 4 rings (SSSR count). The van der Waals surface area contributed by atoms with Gasteiger partial charge in [0, 0.05) is 48.9 Å². The summed E-state index contributed by atoms with van der Waals surface area (Å²) in [6.07, 6.45) is 3.29. The summed E-state index contributed by atoms with van der Waals surface area (Å²) in [5.41, 5.74) is 2.24. The molecule has 2 heterocycles. The lowest BCUT2D eigenvalue weighted by atomic mass is 10.1. The third-order valence-corrected chi connectivity index (χ3v) is 5.82. The van der Waals surface area contributed by atoms with Crippen molar-refractivity contribution in [1.29, 1.82) is 0 Å². The van der Waals surface area contributed by atoms with Crippen LogP contribution in [-0.2, 0) is 4.79 Å². The largest absolute Gasteiger partial charge is 0.489 e. The molecule has 170 valence electrons. The molecule has 2 aliphatic heterocycles. The number of carbonyl (C=O) groups is 2. The zero-order chi connectivity index (χ0) is 22.5. The maximum Gasteiger partial charge on any atom is 0.251 e. The van der Waals surface area contributed by atoms with Gasteiger partial charge in [-0.2, -0.15) is 0 Å². The average Bonchev–Trinajstić information content (AvgIpc) is 3.19. The van der Waals surface area contributed by atoms with Crippen LogP contribution in [-0.4, -0.2) is 44.2 Å². The maximum atomic E-state index is 12.7. The normalized spacial score (nSPS) is 16.2. The molecular weight excluding hydrogens is 430 g/mol. The van der Waals surface area contributed by atoms with Gasteiger partial charge in [0.15, 0.2) is 11.5 Å². The van der Waals surface area contributed by atoms with Crippen LogP contribution in [0, 0.1) is 0 Å². The van der Waals surface area contributed by atoms with Gasteiger partial charge in [-0.05, 0) is 50.1 Å². The lowest BCUT2D eigenvalue weighted by molar-refractivity contribution is -0.116. The SMILES string of the molecule is CC(CC(=O)Nc1cccc(N2CCCC2)c1)NC(=O)c1cc(Cl)c2c(c1)OCCCO2. The van der Waals surface area contributed by atoms with Crippen LogP contribution in [0.4, 0.5) is 11.4 Å². The van der Waals surface area contributed by atoms with E-state index in [0.29, 0.717) is 35.3 Å². The average molecular weight is 458 g/mol. The second-order valence-corrected chi connectivity index (χ2v) is 8.61. The van der Waals surface area contributed by atoms with Crippen molar-refractivity contribution in [3.63, 3.8) is 0 Å². The summed E-state index contributed by atoms with van der Waals surface area (Å²) in [6.45, 7) is 4.91. The van der Waals surface area contributed by atoms with Crippen LogP contribution in [0.3, 0.4) is 0 Å². The molecule has 8 heteroatoms. The van der Waals surface area contributed by atoms with E-state index in [4.69, 9.17) is 21.1 Å². The second kappa shape index (κ2) is 10.1. The molecule has 2 N–H and O–H groups in total. The molecule has 0 radical (unpaired) electrons. The number of nitrogens with one attached hydrogen (secondary N) is 2. The highest BCUT2D eigenvalue weighted by molar-refractivity contribution is 6.32. The Hall–Kier alpha value is -2.93. The molecular formula is C24H28ClN3O4. The minimum Gasteiger partial charge on any atom is -0.489 e. The fourth-order valence-electron chi connectivity index (χ4n) is 3.97. The highest BCUT2D eigenvalue weighted by Gasteiger charge is 2.20. The van der Waals surface area contributed by atoms with E-state index in [1.807, 2.05) is 18.2 Å². The first-order valence-corrected chi connectivity index (χ1v) is 11.4. The third kappa shape index (κ3) is 5.46. The van der Waals surface area contributed by atoms with Gasteiger partial charge in [0.1, 0.15) is 0 Å². The van der Waals surface area contributed by atoms with Gasteiger partial charge in [-0.25, -0.2) is 0 Å². The lowest BCUT2D eigenvalue weighted by Gasteiger charge is -2.19. The van der Waals surface area contributed by atoms with Crippen LogP contribution in [0.2, 0.25) is 5.02 Å². The van der Waals surface area contributed by atoms with Gasteiger partial charge in [0.2, 0.25) is 5.91 Å². The van der Waals surface area contributed by atoms with Gasteiger partial charge in [0.25, 0.3) is 5.91 Å². The van der Waals surface area contributed by atoms with Crippen molar-refractivity contribution in [3.05, 3.63) is 47.0 Å². The Morgan fingerprint density at radius 2 is 1.88 bits per heavy atom. The fraction of sp³-hybridized carbons (Fsp3) is 0.417. The lowest BCUT2D eigenvalue weighted by Crippen LogP contribution is -2.35. The first kappa shape index (κ1) is 22.3. The van der Waals surface area contributed by atoms with E-state index >= 15 is 0 Å². The van der Waals surface area contributed by atoms with E-state index in [1.54, 1.807) is 19.1 Å². The second-order valence-electron chi connectivity index (χ2n) is 8.21. The monoisotopic (exact) mass is 457 g/mol. The van der Waals surface area contributed by atoms with Crippen molar-refractivity contribution < 1.29 is 19.1 Å². The van der Waals surface area contributed by atoms with Crippen molar-refractivity contribution in [2.45, 2.75) is 38.6 Å². The van der Waals surface area contributed by atoms with Crippen LogP contribution in [0.15, 0.2) is 36.4 Å². The van der Waals surface area contributed by atoms with Crippen LogP contribution < -0.4 is 25.0 Å². The number of hydrogen-bond donors (Lipinski definition) is 2. The minimum atomic E-state index is -0.362. The Bertz CT molecular complexity index is 991. The molecule has 0 aromatic heterocycles. The minimum absolute atomic E-state index is 0.151. The summed E-state index contributed by atoms with van der Waals surface area (Å²) in [7, 11) is 0. The number of carbonyl (C=O) groups excluding carboxylic acids is 2. The molecule has 1 fully saturated rings. The molecule has 2 aliphatic rings. The number of rotatable bonds is 6. The molecule has 0 bridgehead atoms. The fourth-order valence-corrected chi connectivity index (χ4v) is 4.23. The number of fused-ring (bicyclic) bond motifs is 1. The van der Waals surface area contributed by atoms with E-state index in [9.17, 15) is 9.59 Å². The van der Waals surface area contributed by atoms with Crippen molar-refractivity contribution in [1.82, 2.24) is 5.32 Å². The highest BCUT2D eigenvalue weighted by Crippen LogP contribution is 2.38. The summed E-state index contributed by atoms with van der Waals surface area (Å²) in [4.78, 5) is 27.5. The Morgan fingerprint density at radius 3 is 2.69 bits per heavy atom. The van der Waals surface area contributed by atoms with E-state index in [2.05, 4.69) is 21.6 Å². The molecule has 2 aromatic carbocycles. The number of amides is 2. The molecule has 0 saturated carbocycles. The van der Waals surface area contributed by atoms with Crippen LogP contribution >= 0.6 is 11.6 Å². The molecule has 32 heavy (non-hydrogen) atoms. The maximum absolute atomic E-state index is 12.7. The molecule has 1 saturated heterocycles. The summed E-state index contributed by atoms with van der Waals surface area (Å²) < 4.78 is 11.2. The van der Waals surface area contributed by atoms with E-state index in [0.717, 1.165) is 30.9 Å². The van der Waals surface area contributed by atoms with E-state index in [-0.39, 0.29) is 24.3 Å². The van der Waals surface area contributed by atoms with Crippen molar-refractivity contribution in [2.75, 3.05) is 36.5 Å². The third-order valence-electron chi connectivity index (χ3n) is 5.53. The van der Waals surface area contributed by atoms with Gasteiger partial charge in [-0.1, -0.05) is 17.7 Å². The molecule has 7 nitrogen and oxygen atoms in total. The smallest absolute Gasteiger partial charge is 0.251 e. The first-order valence-electron chi connectivity index (χ1n) is 11.0. The molecule has 2 amide bonds. The van der Waals surface area contributed by atoms with Gasteiger partial charge in [0.05, 0.1) is 18.2 Å². The van der Waals surface area contributed by atoms with Gasteiger partial charge >= 0.3 is 0 Å². The Kier molecular flexibility index (Phi) is 7.05. The molecule has 2 aromatic rings. The number of hydrogen-bond acceptors (Lipinski definition) is 5. The first-order chi connectivity index (χ1) is 15.5. The zero-order valence-electron chi connectivity index (χ0n) is 18.2. The van der Waals surface area contributed by atoms with Gasteiger partial charge < -0.3 is 25.0 Å². The standard InChI is InChI=1S/C24H28ClN3O4/c1-16(12-22(29)27-18-6-4-7-19(15-18)28-8-2-3-9-28)26-24(30)17-13-20(25)23-21(14-17)31-10-5-11-32-23/h4,6-7,13-16H,2-3,5,8-12H2,1H3,(H,26,30)(H,27,29). The molecule has 1 unspecified atom stereocenters. The number of benzene rings is 2. The van der Waals surface area contributed by atoms with Gasteiger partial charge in [-0.3, -0.25) is 9.59 Å². The Balaban J connectivity index is 1.33. The summed E-state index contributed by atoms with van der Waals surface area (Å²) in [5.74, 6) is 0.444. The summed E-state index contributed by atoms with van der Waals surface area (Å²) >= 11 is 6.28. The number of ether oxygens (including phenoxy) is 2. The van der Waals surface area contributed by atoms with Gasteiger partial charge in [-0.15, -0.1) is 0 Å². The molecule has 1 atom stereocenters. The predicted molar refractivity (Wildman–Crippen MR) is 125 cm³/mol. The quantitative estimate of drug-likeness (QED) is 0.677. The molecule has 0 spiro atoms. The summed E-state index contributed by atoms with van der Waals surface area (Å²) in [5, 5.41) is 6.12. The summed E-state index contributed by atoms with van der Waals surface area (Å²) in [6, 6.07) is 10.7. The van der Waals surface area contributed by atoms with E-state index < -0.39 is 0 Å². The predicted octanol–water partition coefficient (Wildman–Crippen LogP) is 4.25. The van der Waals surface area contributed by atoms with Crippen LogP contribution in [0.25, 0.3) is 0 Å². The van der Waals surface area contributed by atoms with Crippen LogP contribution in [0.1, 0.15) is 43.0 Å². The Morgan fingerprint density at radius 1 is 1.09 bits per heavy atom.